The number of ether oxygens (including phenoxy) is 1. The third kappa shape index (κ3) is 5.28. The SMILES string of the molecule is CCN(CC(C)(CC)CNC)C(C)COC. The van der Waals surface area contributed by atoms with Crippen LogP contribution in [0.25, 0.3) is 0 Å². The van der Waals surface area contributed by atoms with E-state index in [1.54, 1.807) is 7.11 Å². The zero-order valence-corrected chi connectivity index (χ0v) is 12.0. The Balaban J connectivity index is 4.37. The summed E-state index contributed by atoms with van der Waals surface area (Å²) in [6.07, 6.45) is 1.20. The lowest BCUT2D eigenvalue weighted by atomic mass is 9.86. The van der Waals surface area contributed by atoms with Gasteiger partial charge < -0.3 is 10.1 Å². The van der Waals surface area contributed by atoms with Gasteiger partial charge in [0.1, 0.15) is 0 Å². The van der Waals surface area contributed by atoms with E-state index in [-0.39, 0.29) is 0 Å². The standard InChI is InChI=1S/C13H30N2O/c1-7-13(4,10-14-5)11-15(8-2)12(3)9-16-6/h12,14H,7-11H2,1-6H3. The van der Waals surface area contributed by atoms with Crippen molar-refractivity contribution in [3.05, 3.63) is 0 Å². The quantitative estimate of drug-likeness (QED) is 0.655. The number of hydrogen-bond donors (Lipinski definition) is 1. The highest BCUT2D eigenvalue weighted by Gasteiger charge is 2.26. The summed E-state index contributed by atoms with van der Waals surface area (Å²) in [4.78, 5) is 2.50. The summed E-state index contributed by atoms with van der Waals surface area (Å²) in [5, 5.41) is 3.30. The Bertz CT molecular complexity index is 175. The molecule has 1 N–H and O–H groups in total. The summed E-state index contributed by atoms with van der Waals surface area (Å²) in [5.41, 5.74) is 0.354. The molecule has 0 aliphatic rings. The van der Waals surface area contributed by atoms with Gasteiger partial charge in [0, 0.05) is 26.2 Å². The van der Waals surface area contributed by atoms with Crippen molar-refractivity contribution in [2.45, 2.75) is 40.2 Å². The van der Waals surface area contributed by atoms with Gasteiger partial charge >= 0.3 is 0 Å². The number of nitrogens with zero attached hydrogens (tertiary/aromatic N) is 1. The molecular formula is C13H30N2O. The molecule has 0 saturated heterocycles. The normalized spacial score (nSPS) is 17.4. The second-order valence-electron chi connectivity index (χ2n) is 5.06. The molecular weight excluding hydrogens is 200 g/mol. The molecule has 0 heterocycles. The van der Waals surface area contributed by atoms with E-state index in [4.69, 9.17) is 4.74 Å². The third-order valence-electron chi connectivity index (χ3n) is 3.48. The minimum atomic E-state index is 0.354. The number of likely N-dealkylation sites (N-methyl/N-ethyl adjacent to an activating group) is 1. The predicted octanol–water partition coefficient (Wildman–Crippen LogP) is 1.98. The zero-order chi connectivity index (χ0) is 12.6. The summed E-state index contributed by atoms with van der Waals surface area (Å²) < 4.78 is 5.24. The first-order chi connectivity index (χ1) is 7.52. The van der Waals surface area contributed by atoms with Gasteiger partial charge in [-0.1, -0.05) is 20.8 Å². The largest absolute Gasteiger partial charge is 0.383 e. The van der Waals surface area contributed by atoms with E-state index in [0.29, 0.717) is 11.5 Å². The first-order valence-electron chi connectivity index (χ1n) is 6.40. The Kier molecular flexibility index (Phi) is 7.98. The van der Waals surface area contributed by atoms with Crippen molar-refractivity contribution in [1.82, 2.24) is 10.2 Å². The molecule has 0 aromatic carbocycles. The van der Waals surface area contributed by atoms with Gasteiger partial charge in [0.15, 0.2) is 0 Å². The molecule has 0 amide bonds. The maximum Gasteiger partial charge on any atom is 0.0615 e. The van der Waals surface area contributed by atoms with Crippen LogP contribution in [0.1, 0.15) is 34.1 Å². The van der Waals surface area contributed by atoms with E-state index in [0.717, 1.165) is 26.2 Å². The molecule has 0 aromatic rings. The topological polar surface area (TPSA) is 24.5 Å². The summed E-state index contributed by atoms with van der Waals surface area (Å²) in [5.74, 6) is 0. The zero-order valence-electron chi connectivity index (χ0n) is 12.0. The second kappa shape index (κ2) is 8.04. The lowest BCUT2D eigenvalue weighted by Gasteiger charge is -2.37. The van der Waals surface area contributed by atoms with Crippen LogP contribution >= 0.6 is 0 Å². The Morgan fingerprint density at radius 2 is 2.00 bits per heavy atom. The first kappa shape index (κ1) is 15.9. The van der Waals surface area contributed by atoms with Crippen LogP contribution in [-0.2, 0) is 4.74 Å². The van der Waals surface area contributed by atoms with Crippen molar-refractivity contribution < 1.29 is 4.74 Å². The maximum atomic E-state index is 5.24. The van der Waals surface area contributed by atoms with Crippen molar-refractivity contribution in [1.29, 1.82) is 0 Å². The average Bonchev–Trinajstić information content (AvgIpc) is 2.26. The van der Waals surface area contributed by atoms with Crippen molar-refractivity contribution in [3.8, 4) is 0 Å². The molecule has 0 aliphatic carbocycles. The van der Waals surface area contributed by atoms with E-state index in [2.05, 4.69) is 37.9 Å². The van der Waals surface area contributed by atoms with Crippen molar-refractivity contribution in [3.63, 3.8) is 0 Å². The van der Waals surface area contributed by atoms with E-state index in [1.807, 2.05) is 7.05 Å². The van der Waals surface area contributed by atoms with E-state index < -0.39 is 0 Å². The third-order valence-corrected chi connectivity index (χ3v) is 3.48. The lowest BCUT2D eigenvalue weighted by Crippen LogP contribution is -2.46. The fourth-order valence-corrected chi connectivity index (χ4v) is 2.14. The van der Waals surface area contributed by atoms with Crippen molar-refractivity contribution >= 4 is 0 Å². The molecule has 0 aromatic heterocycles. The summed E-state index contributed by atoms with van der Waals surface area (Å²) in [6.45, 7) is 13.2. The van der Waals surface area contributed by atoms with Gasteiger partial charge in [-0.25, -0.2) is 0 Å². The van der Waals surface area contributed by atoms with Gasteiger partial charge in [-0.05, 0) is 32.4 Å². The smallest absolute Gasteiger partial charge is 0.0615 e. The van der Waals surface area contributed by atoms with Crippen LogP contribution in [0.4, 0.5) is 0 Å². The van der Waals surface area contributed by atoms with Crippen molar-refractivity contribution in [2.24, 2.45) is 5.41 Å². The Morgan fingerprint density at radius 3 is 2.38 bits per heavy atom. The number of rotatable bonds is 9. The number of methoxy groups -OCH3 is 1. The molecule has 0 bridgehead atoms. The highest BCUT2D eigenvalue weighted by atomic mass is 16.5. The van der Waals surface area contributed by atoms with E-state index in [9.17, 15) is 0 Å². The monoisotopic (exact) mass is 230 g/mol. The molecule has 2 atom stereocenters. The minimum absolute atomic E-state index is 0.354. The first-order valence-corrected chi connectivity index (χ1v) is 6.40. The fraction of sp³-hybridized carbons (Fsp3) is 1.00. The summed E-state index contributed by atoms with van der Waals surface area (Å²) in [7, 11) is 3.81. The van der Waals surface area contributed by atoms with Gasteiger partial charge in [-0.2, -0.15) is 0 Å². The van der Waals surface area contributed by atoms with Crippen LogP contribution in [-0.4, -0.2) is 51.3 Å². The van der Waals surface area contributed by atoms with Crippen LogP contribution in [0.2, 0.25) is 0 Å². The second-order valence-corrected chi connectivity index (χ2v) is 5.06. The van der Waals surface area contributed by atoms with E-state index >= 15 is 0 Å². The Labute approximate surface area is 102 Å². The molecule has 0 rings (SSSR count). The van der Waals surface area contributed by atoms with Gasteiger partial charge in [0.25, 0.3) is 0 Å². The molecule has 0 saturated carbocycles. The molecule has 98 valence electrons. The summed E-state index contributed by atoms with van der Waals surface area (Å²) in [6, 6.07) is 0.498. The van der Waals surface area contributed by atoms with Crippen LogP contribution < -0.4 is 5.32 Å². The number of hydrogen-bond acceptors (Lipinski definition) is 3. The van der Waals surface area contributed by atoms with Crippen LogP contribution in [0, 0.1) is 5.41 Å². The van der Waals surface area contributed by atoms with E-state index in [1.165, 1.54) is 6.42 Å². The molecule has 0 fully saturated rings. The van der Waals surface area contributed by atoms with Gasteiger partial charge in [-0.3, -0.25) is 4.90 Å². The van der Waals surface area contributed by atoms with Gasteiger partial charge in [-0.15, -0.1) is 0 Å². The molecule has 3 heteroatoms. The molecule has 0 spiro atoms. The van der Waals surface area contributed by atoms with Crippen LogP contribution in [0.5, 0.6) is 0 Å². The average molecular weight is 230 g/mol. The van der Waals surface area contributed by atoms with Crippen LogP contribution in [0.15, 0.2) is 0 Å². The molecule has 0 radical (unpaired) electrons. The molecule has 16 heavy (non-hydrogen) atoms. The highest BCUT2D eigenvalue weighted by molar-refractivity contribution is 4.81. The maximum absolute atomic E-state index is 5.24. The van der Waals surface area contributed by atoms with Gasteiger partial charge in [0.05, 0.1) is 6.61 Å². The van der Waals surface area contributed by atoms with Crippen LogP contribution in [0.3, 0.4) is 0 Å². The minimum Gasteiger partial charge on any atom is -0.383 e. The Morgan fingerprint density at radius 1 is 1.38 bits per heavy atom. The molecule has 0 aliphatic heterocycles. The van der Waals surface area contributed by atoms with Gasteiger partial charge in [0.2, 0.25) is 0 Å². The fourth-order valence-electron chi connectivity index (χ4n) is 2.14. The highest BCUT2D eigenvalue weighted by Crippen LogP contribution is 2.22. The predicted molar refractivity (Wildman–Crippen MR) is 70.9 cm³/mol. The molecule has 2 unspecified atom stereocenters. The van der Waals surface area contributed by atoms with Crippen molar-refractivity contribution in [2.75, 3.05) is 40.4 Å². The summed E-state index contributed by atoms with van der Waals surface area (Å²) >= 11 is 0. The lowest BCUT2D eigenvalue weighted by molar-refractivity contribution is 0.0697. The Hall–Kier alpha value is -0.120. The molecule has 3 nitrogen and oxygen atoms in total. The number of nitrogens with one attached hydrogen (secondary N) is 1.